The second kappa shape index (κ2) is 7.52. The van der Waals surface area contributed by atoms with Crippen LogP contribution >= 0.6 is 0 Å². The molecule has 0 saturated carbocycles. The molecule has 2 aromatic heterocycles. The van der Waals surface area contributed by atoms with Crippen LogP contribution in [0, 0.1) is 0 Å². The van der Waals surface area contributed by atoms with E-state index < -0.39 is 0 Å². The van der Waals surface area contributed by atoms with Crippen LogP contribution in [0.5, 0.6) is 0 Å². The number of aryl methyl sites for hydroxylation is 2. The fraction of sp³-hybridized carbons (Fsp3) is 0.333. The van der Waals surface area contributed by atoms with Gasteiger partial charge in [-0.15, -0.1) is 0 Å². The molecule has 3 heterocycles. The number of hydrogen-bond donors (Lipinski definition) is 1. The fourth-order valence-corrected chi connectivity index (χ4v) is 4.67. The van der Waals surface area contributed by atoms with Gasteiger partial charge in [0.2, 0.25) is 5.91 Å². The number of para-hydroxylation sites is 3. The van der Waals surface area contributed by atoms with Crippen molar-refractivity contribution in [1.29, 1.82) is 0 Å². The average Bonchev–Trinajstić information content (AvgIpc) is 3.27. The summed E-state index contributed by atoms with van der Waals surface area (Å²) in [5.41, 5.74) is 5.41. The van der Waals surface area contributed by atoms with E-state index in [1.54, 1.807) is 4.57 Å². The van der Waals surface area contributed by atoms with Crippen molar-refractivity contribution in [2.45, 2.75) is 45.8 Å². The SMILES string of the molecule is CCCn1c(=O)n(CCC(=O)N2CCc3[nH]c4ccccc4c3C2)c2ccccc21. The van der Waals surface area contributed by atoms with Crippen LogP contribution in [0.1, 0.15) is 31.0 Å². The number of rotatable bonds is 5. The first kappa shape index (κ1) is 18.7. The molecule has 6 nitrogen and oxygen atoms in total. The number of nitrogens with one attached hydrogen (secondary N) is 1. The summed E-state index contributed by atoms with van der Waals surface area (Å²) in [4.78, 5) is 31.4. The smallest absolute Gasteiger partial charge is 0.329 e. The summed E-state index contributed by atoms with van der Waals surface area (Å²) in [5, 5.41) is 1.20. The maximum Gasteiger partial charge on any atom is 0.329 e. The summed E-state index contributed by atoms with van der Waals surface area (Å²) in [6.45, 7) is 4.51. The van der Waals surface area contributed by atoms with E-state index in [9.17, 15) is 9.59 Å². The number of carbonyl (C=O) groups is 1. The van der Waals surface area contributed by atoms with E-state index >= 15 is 0 Å². The zero-order valence-electron chi connectivity index (χ0n) is 17.2. The van der Waals surface area contributed by atoms with E-state index in [1.807, 2.05) is 45.9 Å². The first-order valence-corrected chi connectivity index (χ1v) is 10.7. The summed E-state index contributed by atoms with van der Waals surface area (Å²) in [6.07, 6.45) is 2.07. The number of amides is 1. The van der Waals surface area contributed by atoms with Gasteiger partial charge in [0.05, 0.1) is 11.0 Å². The van der Waals surface area contributed by atoms with E-state index in [4.69, 9.17) is 0 Å². The van der Waals surface area contributed by atoms with Crippen molar-refractivity contribution < 1.29 is 4.79 Å². The molecule has 0 unspecified atom stereocenters. The molecule has 30 heavy (non-hydrogen) atoms. The molecule has 0 radical (unpaired) electrons. The largest absolute Gasteiger partial charge is 0.358 e. The molecule has 0 aliphatic carbocycles. The van der Waals surface area contributed by atoms with Crippen LogP contribution in [0.25, 0.3) is 21.9 Å². The van der Waals surface area contributed by atoms with Crippen LogP contribution in [0.4, 0.5) is 0 Å². The quantitative estimate of drug-likeness (QED) is 0.554. The molecule has 0 atom stereocenters. The zero-order valence-corrected chi connectivity index (χ0v) is 17.2. The van der Waals surface area contributed by atoms with Crippen LogP contribution in [0.15, 0.2) is 53.3 Å². The maximum absolute atomic E-state index is 13.0. The van der Waals surface area contributed by atoms with Gasteiger partial charge in [0.1, 0.15) is 0 Å². The van der Waals surface area contributed by atoms with Gasteiger partial charge in [-0.05, 0) is 24.6 Å². The number of carbonyl (C=O) groups excluding carboxylic acids is 1. The Labute approximate surface area is 174 Å². The molecule has 4 aromatic rings. The van der Waals surface area contributed by atoms with Gasteiger partial charge in [-0.25, -0.2) is 4.79 Å². The summed E-state index contributed by atoms with van der Waals surface area (Å²) < 4.78 is 3.57. The molecule has 1 amide bonds. The molecule has 2 aromatic carbocycles. The summed E-state index contributed by atoms with van der Waals surface area (Å²) in [6, 6.07) is 16.1. The standard InChI is InChI=1S/C24H26N4O2/c1-2-13-27-21-9-5-6-10-22(21)28(24(27)30)15-12-23(29)26-14-11-20-18(16-26)17-7-3-4-8-19(17)25-20/h3-10,25H,2,11-16H2,1H3. The lowest BCUT2D eigenvalue weighted by molar-refractivity contribution is -0.132. The van der Waals surface area contributed by atoms with Gasteiger partial charge in [-0.1, -0.05) is 37.3 Å². The highest BCUT2D eigenvalue weighted by atomic mass is 16.2. The molecule has 0 saturated heterocycles. The lowest BCUT2D eigenvalue weighted by Gasteiger charge is -2.27. The Morgan fingerprint density at radius 1 is 1.00 bits per heavy atom. The van der Waals surface area contributed by atoms with Crippen molar-refractivity contribution in [2.75, 3.05) is 6.54 Å². The van der Waals surface area contributed by atoms with Crippen molar-refractivity contribution in [2.24, 2.45) is 0 Å². The molecular weight excluding hydrogens is 376 g/mol. The predicted octanol–water partition coefficient (Wildman–Crippen LogP) is 3.67. The van der Waals surface area contributed by atoms with Crippen LogP contribution < -0.4 is 5.69 Å². The van der Waals surface area contributed by atoms with Gasteiger partial charge < -0.3 is 9.88 Å². The van der Waals surface area contributed by atoms with Crippen LogP contribution in [-0.2, 0) is 30.8 Å². The molecular formula is C24H26N4O2. The Kier molecular flexibility index (Phi) is 4.69. The Morgan fingerprint density at radius 3 is 2.47 bits per heavy atom. The minimum absolute atomic E-state index is 0.0246. The molecule has 5 rings (SSSR count). The Hall–Kier alpha value is -3.28. The predicted molar refractivity (Wildman–Crippen MR) is 119 cm³/mol. The van der Waals surface area contributed by atoms with E-state index in [1.165, 1.54) is 16.6 Å². The molecule has 0 spiro atoms. The summed E-state index contributed by atoms with van der Waals surface area (Å²) >= 11 is 0. The van der Waals surface area contributed by atoms with E-state index in [-0.39, 0.29) is 11.6 Å². The third-order valence-electron chi connectivity index (χ3n) is 6.16. The second-order valence-corrected chi connectivity index (χ2v) is 8.02. The van der Waals surface area contributed by atoms with Crippen LogP contribution in [0.2, 0.25) is 0 Å². The lowest BCUT2D eigenvalue weighted by atomic mass is 10.0. The topological polar surface area (TPSA) is 63.0 Å². The van der Waals surface area contributed by atoms with E-state index in [0.29, 0.717) is 32.6 Å². The van der Waals surface area contributed by atoms with Gasteiger partial charge in [-0.3, -0.25) is 13.9 Å². The summed E-state index contributed by atoms with van der Waals surface area (Å²) in [7, 11) is 0. The zero-order chi connectivity index (χ0) is 20.7. The normalized spacial score (nSPS) is 13.8. The van der Waals surface area contributed by atoms with Gasteiger partial charge in [0.15, 0.2) is 0 Å². The highest BCUT2D eigenvalue weighted by Gasteiger charge is 2.24. The number of benzene rings is 2. The first-order chi connectivity index (χ1) is 14.7. The molecule has 0 fully saturated rings. The molecule has 6 heteroatoms. The molecule has 1 aliphatic heterocycles. The van der Waals surface area contributed by atoms with Crippen LogP contribution in [0.3, 0.4) is 0 Å². The number of H-pyrrole nitrogens is 1. The Bertz CT molecular complexity index is 1290. The average molecular weight is 402 g/mol. The van der Waals surface area contributed by atoms with E-state index in [0.717, 1.165) is 29.4 Å². The fourth-order valence-electron chi connectivity index (χ4n) is 4.67. The van der Waals surface area contributed by atoms with Gasteiger partial charge in [0.25, 0.3) is 0 Å². The highest BCUT2D eigenvalue weighted by Crippen LogP contribution is 2.27. The van der Waals surface area contributed by atoms with Crippen molar-refractivity contribution in [3.63, 3.8) is 0 Å². The number of fused-ring (bicyclic) bond motifs is 4. The van der Waals surface area contributed by atoms with Crippen molar-refractivity contribution in [1.82, 2.24) is 19.0 Å². The third kappa shape index (κ3) is 3.03. The highest BCUT2D eigenvalue weighted by molar-refractivity contribution is 5.86. The van der Waals surface area contributed by atoms with Crippen molar-refractivity contribution in [3.8, 4) is 0 Å². The van der Waals surface area contributed by atoms with Gasteiger partial charge in [0, 0.05) is 61.2 Å². The number of aromatic nitrogens is 3. The van der Waals surface area contributed by atoms with Crippen LogP contribution in [-0.4, -0.2) is 31.5 Å². The minimum Gasteiger partial charge on any atom is -0.358 e. The number of aromatic amines is 1. The van der Waals surface area contributed by atoms with Crippen molar-refractivity contribution in [3.05, 3.63) is 70.3 Å². The van der Waals surface area contributed by atoms with Crippen molar-refractivity contribution >= 4 is 27.8 Å². The second-order valence-electron chi connectivity index (χ2n) is 8.02. The third-order valence-corrected chi connectivity index (χ3v) is 6.16. The monoisotopic (exact) mass is 402 g/mol. The Balaban J connectivity index is 1.36. The number of nitrogens with zero attached hydrogens (tertiary/aromatic N) is 3. The first-order valence-electron chi connectivity index (χ1n) is 10.7. The Morgan fingerprint density at radius 2 is 1.70 bits per heavy atom. The summed E-state index contributed by atoms with van der Waals surface area (Å²) in [5.74, 6) is 0.102. The molecule has 154 valence electrons. The minimum atomic E-state index is -0.0246. The van der Waals surface area contributed by atoms with E-state index in [2.05, 4.69) is 24.0 Å². The van der Waals surface area contributed by atoms with Gasteiger partial charge >= 0.3 is 5.69 Å². The molecule has 1 aliphatic rings. The maximum atomic E-state index is 13.0. The molecule has 1 N–H and O–H groups in total. The molecule has 0 bridgehead atoms. The van der Waals surface area contributed by atoms with Gasteiger partial charge in [-0.2, -0.15) is 0 Å². The number of hydrogen-bond acceptors (Lipinski definition) is 2. The number of imidazole rings is 1. The lowest BCUT2D eigenvalue weighted by Crippen LogP contribution is -2.36.